The van der Waals surface area contributed by atoms with Crippen LogP contribution in [-0.2, 0) is 9.53 Å². The molecule has 2 N–H and O–H groups in total. The molecular weight excluding hydrogens is 371 g/mol. The van der Waals surface area contributed by atoms with E-state index < -0.39 is 23.8 Å². The Bertz CT molecular complexity index is 701. The van der Waals surface area contributed by atoms with Gasteiger partial charge < -0.3 is 20.4 Å². The maximum atomic E-state index is 14.8. The lowest BCUT2D eigenvalue weighted by molar-refractivity contribution is -0.119. The summed E-state index contributed by atoms with van der Waals surface area (Å²) in [4.78, 5) is 26.0. The van der Waals surface area contributed by atoms with E-state index in [1.54, 1.807) is 26.9 Å². The third-order valence-corrected chi connectivity index (χ3v) is 4.42. The maximum Gasteiger partial charge on any atom is 0.414 e. The van der Waals surface area contributed by atoms with Crippen LogP contribution in [0, 0.1) is 11.6 Å². The van der Waals surface area contributed by atoms with E-state index in [1.165, 1.54) is 11.9 Å². The minimum absolute atomic E-state index is 0.0722. The van der Waals surface area contributed by atoms with Crippen LogP contribution in [0.15, 0.2) is 12.1 Å². The van der Waals surface area contributed by atoms with Gasteiger partial charge in [-0.2, -0.15) is 0 Å². The Kier molecular flexibility index (Phi) is 7.58. The molecule has 0 saturated carbocycles. The number of hydrogen-bond acceptors (Lipinski definition) is 6. The normalized spacial score (nSPS) is 16.4. The summed E-state index contributed by atoms with van der Waals surface area (Å²) in [6, 6.07) is 2.24. The van der Waals surface area contributed by atoms with E-state index in [9.17, 15) is 18.4 Å². The monoisotopic (exact) mass is 397 g/mol. The van der Waals surface area contributed by atoms with Crippen LogP contribution < -0.4 is 20.5 Å². The number of nitrogens with zero attached hydrogens (tertiary/aromatic N) is 3. The average molecular weight is 397 g/mol. The molecule has 0 spiro atoms. The summed E-state index contributed by atoms with van der Waals surface area (Å²) in [7, 11) is 3.55. The quantitative estimate of drug-likeness (QED) is 0.459. The Morgan fingerprint density at radius 2 is 2.04 bits per heavy atom. The molecule has 154 valence electrons. The van der Waals surface area contributed by atoms with E-state index in [1.807, 2.05) is 0 Å². The predicted octanol–water partition coefficient (Wildman–Crippen LogP) is 0.237. The number of carbonyl (C=O) groups excluding carboxylic acids is 2. The molecule has 1 aromatic rings. The molecule has 1 saturated heterocycles. The molecule has 1 aliphatic heterocycles. The molecular formula is C17H26BF2N5O3. The van der Waals surface area contributed by atoms with Crippen molar-refractivity contribution in [2.75, 3.05) is 49.7 Å². The lowest BCUT2D eigenvalue weighted by Crippen LogP contribution is -2.45. The number of rotatable bonds is 9. The minimum atomic E-state index is -0.772. The van der Waals surface area contributed by atoms with Gasteiger partial charge in [0.2, 0.25) is 13.9 Å². The van der Waals surface area contributed by atoms with Crippen LogP contribution in [-0.4, -0.2) is 70.8 Å². The van der Waals surface area contributed by atoms with E-state index in [-0.39, 0.29) is 30.4 Å². The molecule has 2 rings (SSSR count). The van der Waals surface area contributed by atoms with E-state index >= 15 is 0 Å². The fourth-order valence-corrected chi connectivity index (χ4v) is 3.02. The number of ether oxygens (including phenoxy) is 1. The van der Waals surface area contributed by atoms with Gasteiger partial charge in [-0.05, 0) is 14.0 Å². The van der Waals surface area contributed by atoms with Gasteiger partial charge in [-0.3, -0.25) is 14.6 Å². The first-order valence-corrected chi connectivity index (χ1v) is 9.13. The number of hydrazine groups is 1. The number of nitrogens with one attached hydrogen (secondary N) is 2. The van der Waals surface area contributed by atoms with Crippen molar-refractivity contribution in [3.05, 3.63) is 23.8 Å². The van der Waals surface area contributed by atoms with Crippen molar-refractivity contribution in [3.8, 4) is 0 Å². The number of hydrogen-bond donors (Lipinski definition) is 2. The van der Waals surface area contributed by atoms with E-state index in [0.717, 1.165) is 17.0 Å². The molecule has 1 heterocycles. The Hall–Kier alpha value is -2.40. The fraction of sp³-hybridized carbons (Fsp3) is 0.529. The molecule has 0 bridgehead atoms. The van der Waals surface area contributed by atoms with Crippen molar-refractivity contribution in [1.29, 1.82) is 0 Å². The zero-order valence-electron chi connectivity index (χ0n) is 16.6. The second-order valence-corrected chi connectivity index (χ2v) is 6.51. The molecule has 0 aromatic heterocycles. The van der Waals surface area contributed by atoms with Crippen LogP contribution in [0.3, 0.4) is 0 Å². The lowest BCUT2D eigenvalue weighted by Gasteiger charge is -2.34. The number of anilines is 2. The summed E-state index contributed by atoms with van der Waals surface area (Å²) in [6.45, 7) is 4.98. The topological polar surface area (TPSA) is 77.2 Å². The van der Waals surface area contributed by atoms with Gasteiger partial charge in [-0.25, -0.2) is 13.6 Å². The average Bonchev–Trinajstić information content (AvgIpc) is 3.01. The van der Waals surface area contributed by atoms with Crippen molar-refractivity contribution in [1.82, 2.24) is 15.6 Å². The summed E-state index contributed by atoms with van der Waals surface area (Å²) in [5, 5.41) is 7.05. The molecule has 0 unspecified atom stereocenters. The Balaban J connectivity index is 2.21. The number of halogens is 2. The maximum absolute atomic E-state index is 14.8. The Morgan fingerprint density at radius 3 is 2.57 bits per heavy atom. The third-order valence-electron chi connectivity index (χ3n) is 4.42. The predicted molar refractivity (Wildman–Crippen MR) is 105 cm³/mol. The zero-order valence-corrected chi connectivity index (χ0v) is 16.6. The SMILES string of the molecule is BN(CCNC)N(CC)c1c(F)cc(N2C[C@H](CNC(C)=O)OC2=O)cc1F. The first kappa shape index (κ1) is 21.9. The van der Waals surface area contributed by atoms with Crippen LogP contribution in [0.25, 0.3) is 0 Å². The van der Waals surface area contributed by atoms with Crippen LogP contribution >= 0.6 is 0 Å². The van der Waals surface area contributed by atoms with Gasteiger partial charge in [0, 0.05) is 38.7 Å². The van der Waals surface area contributed by atoms with Gasteiger partial charge in [0.25, 0.3) is 0 Å². The molecule has 28 heavy (non-hydrogen) atoms. The van der Waals surface area contributed by atoms with Crippen molar-refractivity contribution in [3.63, 3.8) is 0 Å². The largest absolute Gasteiger partial charge is 0.442 e. The minimum Gasteiger partial charge on any atom is -0.442 e. The molecule has 0 radical (unpaired) electrons. The van der Waals surface area contributed by atoms with Crippen LogP contribution in [0.4, 0.5) is 25.0 Å². The number of likely N-dealkylation sites (N-methyl/N-ethyl adjacent to an activating group) is 1. The molecule has 1 fully saturated rings. The first-order chi connectivity index (χ1) is 13.3. The first-order valence-electron chi connectivity index (χ1n) is 9.13. The van der Waals surface area contributed by atoms with Gasteiger partial charge in [0.15, 0.2) is 11.6 Å². The molecule has 2 amide bonds. The van der Waals surface area contributed by atoms with Crippen molar-refractivity contribution >= 4 is 31.4 Å². The summed E-state index contributed by atoms with van der Waals surface area (Å²) >= 11 is 0. The smallest absolute Gasteiger partial charge is 0.414 e. The van der Waals surface area contributed by atoms with Gasteiger partial charge in [-0.15, -0.1) is 0 Å². The number of cyclic esters (lactones) is 1. The molecule has 1 aliphatic rings. The Morgan fingerprint density at radius 1 is 1.39 bits per heavy atom. The fourth-order valence-electron chi connectivity index (χ4n) is 3.02. The summed E-state index contributed by atoms with van der Waals surface area (Å²) in [5.41, 5.74) is -0.102. The summed E-state index contributed by atoms with van der Waals surface area (Å²) in [6.07, 6.45) is -1.29. The van der Waals surface area contributed by atoms with Gasteiger partial charge in [-0.1, -0.05) is 0 Å². The molecule has 8 nitrogen and oxygen atoms in total. The summed E-state index contributed by atoms with van der Waals surface area (Å²) in [5.74, 6) is -1.80. The standard InChI is InChI=1S/C17H26BF2N5O3/c1-4-24(25(18)6-5-21-3)16-14(19)7-12(8-15(16)20)23-10-13(28-17(23)27)9-22-11(2)26/h7-8,13,21H,4-6,9-10,18H2,1-3H3,(H,22,26)/t13-/m0/s1. The van der Waals surface area contributed by atoms with Gasteiger partial charge in [0.05, 0.1) is 18.8 Å². The highest BCUT2D eigenvalue weighted by molar-refractivity contribution is 6.05. The second kappa shape index (κ2) is 9.69. The highest BCUT2D eigenvalue weighted by Crippen LogP contribution is 2.31. The summed E-state index contributed by atoms with van der Waals surface area (Å²) < 4.78 is 34.7. The van der Waals surface area contributed by atoms with Crippen molar-refractivity contribution < 1.29 is 23.1 Å². The molecule has 11 heteroatoms. The van der Waals surface area contributed by atoms with Crippen molar-refractivity contribution in [2.45, 2.75) is 20.0 Å². The number of carbonyl (C=O) groups is 2. The van der Waals surface area contributed by atoms with Gasteiger partial charge in [0.1, 0.15) is 11.8 Å². The highest BCUT2D eigenvalue weighted by Gasteiger charge is 2.33. The second-order valence-electron chi connectivity index (χ2n) is 6.51. The van der Waals surface area contributed by atoms with E-state index in [2.05, 4.69) is 10.6 Å². The van der Waals surface area contributed by atoms with Crippen molar-refractivity contribution in [2.24, 2.45) is 0 Å². The lowest BCUT2D eigenvalue weighted by atomic mass is 10.2. The molecule has 0 aliphatic carbocycles. The molecule has 1 atom stereocenters. The number of benzene rings is 1. The Labute approximate surface area is 164 Å². The highest BCUT2D eigenvalue weighted by atomic mass is 19.1. The van der Waals surface area contributed by atoms with Crippen LogP contribution in [0.2, 0.25) is 0 Å². The molecule has 1 aromatic carbocycles. The third kappa shape index (κ3) is 5.11. The van der Waals surface area contributed by atoms with Crippen LogP contribution in [0.5, 0.6) is 0 Å². The van der Waals surface area contributed by atoms with E-state index in [0.29, 0.717) is 19.6 Å². The zero-order chi connectivity index (χ0) is 20.8. The van der Waals surface area contributed by atoms with E-state index in [4.69, 9.17) is 4.74 Å². The van der Waals surface area contributed by atoms with Crippen LogP contribution in [0.1, 0.15) is 13.8 Å². The van der Waals surface area contributed by atoms with Gasteiger partial charge >= 0.3 is 6.09 Å². The number of amides is 2.